The quantitative estimate of drug-likeness (QED) is 0.266. The van der Waals surface area contributed by atoms with Crippen LogP contribution in [0.1, 0.15) is 18.9 Å². The number of anilines is 1. The van der Waals surface area contributed by atoms with Crippen molar-refractivity contribution in [1.29, 1.82) is 0 Å². The third kappa shape index (κ3) is 7.20. The molecule has 3 aromatic carbocycles. The summed E-state index contributed by atoms with van der Waals surface area (Å²) in [4.78, 5) is 12.8. The van der Waals surface area contributed by atoms with E-state index in [0.717, 1.165) is 26.5 Å². The predicted molar refractivity (Wildman–Crippen MR) is 139 cm³/mol. The number of hydrogen-bond acceptors (Lipinski definition) is 4. The summed E-state index contributed by atoms with van der Waals surface area (Å²) in [6.45, 7) is 2.36. The molecule has 33 heavy (non-hydrogen) atoms. The maximum atomic E-state index is 13.3. The second kappa shape index (κ2) is 12.0. The van der Waals surface area contributed by atoms with E-state index in [1.165, 1.54) is 17.7 Å². The van der Waals surface area contributed by atoms with E-state index < -0.39 is 15.9 Å². The van der Waals surface area contributed by atoms with Crippen molar-refractivity contribution in [2.45, 2.75) is 24.7 Å². The average molecular weight is 578 g/mol. The van der Waals surface area contributed by atoms with E-state index in [0.29, 0.717) is 5.69 Å². The van der Waals surface area contributed by atoms with E-state index in [4.69, 9.17) is 4.74 Å². The van der Waals surface area contributed by atoms with Crippen LogP contribution in [-0.4, -0.2) is 34.0 Å². The van der Waals surface area contributed by atoms with E-state index >= 15 is 0 Å². The van der Waals surface area contributed by atoms with Crippen molar-refractivity contribution < 1.29 is 17.9 Å². The Hall–Kier alpha value is -2.59. The number of nitrogens with zero attached hydrogens (tertiary/aromatic N) is 1. The van der Waals surface area contributed by atoms with Crippen molar-refractivity contribution in [3.8, 4) is 5.75 Å². The Morgan fingerprint density at radius 2 is 1.64 bits per heavy atom. The molecular formula is C25H27IN2O4S. The number of nitrogens with one attached hydrogen (secondary N) is 1. The fraction of sp³-hybridized carbons (Fsp3) is 0.240. The maximum Gasteiger partial charge on any atom is 0.264 e. The zero-order chi connectivity index (χ0) is 23.7. The van der Waals surface area contributed by atoms with Gasteiger partial charge in [0.05, 0.1) is 17.1 Å². The molecule has 174 valence electrons. The Kier molecular flexibility index (Phi) is 9.13. The van der Waals surface area contributed by atoms with Gasteiger partial charge in [-0.1, -0.05) is 43.7 Å². The van der Waals surface area contributed by atoms with Crippen molar-refractivity contribution in [3.05, 3.63) is 88.0 Å². The minimum atomic E-state index is -3.91. The summed E-state index contributed by atoms with van der Waals surface area (Å²) in [5.74, 6) is 0.325. The number of aryl methyl sites for hydroxylation is 1. The third-order valence-corrected chi connectivity index (χ3v) is 7.40. The number of benzene rings is 3. The topological polar surface area (TPSA) is 75.7 Å². The minimum absolute atomic E-state index is 0.131. The first-order chi connectivity index (χ1) is 15.9. The smallest absolute Gasteiger partial charge is 0.264 e. The van der Waals surface area contributed by atoms with E-state index in [2.05, 4.69) is 34.8 Å². The molecule has 1 N–H and O–H groups in total. The van der Waals surface area contributed by atoms with Crippen molar-refractivity contribution in [3.63, 3.8) is 0 Å². The van der Waals surface area contributed by atoms with Crippen LogP contribution in [-0.2, 0) is 21.2 Å². The highest BCUT2D eigenvalue weighted by molar-refractivity contribution is 14.1. The molecule has 8 heteroatoms. The molecular weight excluding hydrogens is 551 g/mol. The number of carbonyl (C=O) groups excluding carboxylic acids is 1. The van der Waals surface area contributed by atoms with Gasteiger partial charge in [0, 0.05) is 3.57 Å². The molecule has 0 aliphatic carbocycles. The normalized spacial score (nSPS) is 11.1. The number of amides is 1. The average Bonchev–Trinajstić information content (AvgIpc) is 2.83. The number of halogens is 1. The van der Waals surface area contributed by atoms with Crippen LogP contribution < -0.4 is 14.4 Å². The van der Waals surface area contributed by atoms with Gasteiger partial charge in [0.15, 0.2) is 0 Å². The van der Waals surface area contributed by atoms with Crippen LogP contribution in [0.4, 0.5) is 5.69 Å². The molecule has 0 bridgehead atoms. The summed E-state index contributed by atoms with van der Waals surface area (Å²) in [6, 6.07) is 23.0. The number of hydrogen-bond donors (Lipinski definition) is 1. The van der Waals surface area contributed by atoms with Gasteiger partial charge in [0.25, 0.3) is 10.0 Å². The first-order valence-corrected chi connectivity index (χ1v) is 13.2. The molecule has 3 rings (SSSR count). The van der Waals surface area contributed by atoms with Crippen LogP contribution in [0.25, 0.3) is 0 Å². The first kappa shape index (κ1) is 25.0. The van der Waals surface area contributed by atoms with Crippen LogP contribution in [0.5, 0.6) is 5.75 Å². The van der Waals surface area contributed by atoms with Gasteiger partial charge in [-0.25, -0.2) is 8.42 Å². The van der Waals surface area contributed by atoms with Crippen molar-refractivity contribution >= 4 is 44.2 Å². The fourth-order valence-corrected chi connectivity index (χ4v) is 5.03. The van der Waals surface area contributed by atoms with E-state index in [-0.39, 0.29) is 24.6 Å². The molecule has 1 amide bonds. The number of rotatable bonds is 11. The van der Waals surface area contributed by atoms with Gasteiger partial charge < -0.3 is 10.1 Å². The lowest BCUT2D eigenvalue weighted by atomic mass is 10.1. The van der Waals surface area contributed by atoms with Gasteiger partial charge in [0.1, 0.15) is 18.9 Å². The molecule has 0 saturated carbocycles. The zero-order valence-electron chi connectivity index (χ0n) is 18.4. The molecule has 0 aromatic heterocycles. The van der Waals surface area contributed by atoms with Crippen LogP contribution in [0, 0.1) is 3.57 Å². The van der Waals surface area contributed by atoms with Crippen molar-refractivity contribution in [1.82, 2.24) is 5.32 Å². The molecule has 0 heterocycles. The van der Waals surface area contributed by atoms with Gasteiger partial charge in [0.2, 0.25) is 5.91 Å². The highest BCUT2D eigenvalue weighted by Crippen LogP contribution is 2.24. The summed E-state index contributed by atoms with van der Waals surface area (Å²) in [5.41, 5.74) is 1.69. The van der Waals surface area contributed by atoms with Crippen molar-refractivity contribution in [2.75, 3.05) is 24.0 Å². The second-order valence-corrected chi connectivity index (χ2v) is 10.5. The summed E-state index contributed by atoms with van der Waals surface area (Å²) in [5, 5.41) is 2.75. The predicted octanol–water partition coefficient (Wildman–Crippen LogP) is 4.63. The van der Waals surface area contributed by atoms with Crippen LogP contribution in [0.15, 0.2) is 83.8 Å². The largest absolute Gasteiger partial charge is 0.492 e. The molecule has 0 unspecified atom stereocenters. The van der Waals surface area contributed by atoms with Crippen LogP contribution >= 0.6 is 22.6 Å². The minimum Gasteiger partial charge on any atom is -0.492 e. The lowest BCUT2D eigenvalue weighted by Gasteiger charge is -2.24. The zero-order valence-corrected chi connectivity index (χ0v) is 21.4. The summed E-state index contributed by atoms with van der Waals surface area (Å²) in [6.07, 6.45) is 2.12. The fourth-order valence-electron chi connectivity index (χ4n) is 3.23. The second-order valence-electron chi connectivity index (χ2n) is 7.39. The standard InChI is InChI=1S/C25H27IN2O4S/c1-2-6-20-9-15-23(16-10-20)32-18-17-27-25(29)19-28(22-13-11-21(26)12-14-22)33(30,31)24-7-4-3-5-8-24/h3-5,7-16H,2,6,17-19H2,1H3,(H,27,29). The maximum absolute atomic E-state index is 13.3. The Balaban J connectivity index is 1.62. The molecule has 0 saturated heterocycles. The molecule has 0 radical (unpaired) electrons. The Morgan fingerprint density at radius 3 is 2.27 bits per heavy atom. The lowest BCUT2D eigenvalue weighted by Crippen LogP contribution is -2.41. The van der Waals surface area contributed by atoms with Crippen molar-refractivity contribution in [2.24, 2.45) is 0 Å². The number of sulfonamides is 1. The van der Waals surface area contributed by atoms with Gasteiger partial charge >= 0.3 is 0 Å². The summed E-state index contributed by atoms with van der Waals surface area (Å²) in [7, 11) is -3.91. The van der Waals surface area contributed by atoms with E-state index in [9.17, 15) is 13.2 Å². The van der Waals surface area contributed by atoms with Gasteiger partial charge in [-0.2, -0.15) is 0 Å². The van der Waals surface area contributed by atoms with E-state index in [1.807, 2.05) is 24.3 Å². The Morgan fingerprint density at radius 1 is 0.970 bits per heavy atom. The number of ether oxygens (including phenoxy) is 1. The molecule has 3 aromatic rings. The highest BCUT2D eigenvalue weighted by atomic mass is 127. The highest BCUT2D eigenvalue weighted by Gasteiger charge is 2.27. The van der Waals surface area contributed by atoms with Crippen LogP contribution in [0.3, 0.4) is 0 Å². The number of carbonyl (C=O) groups is 1. The first-order valence-electron chi connectivity index (χ1n) is 10.7. The lowest BCUT2D eigenvalue weighted by molar-refractivity contribution is -0.119. The SMILES string of the molecule is CCCc1ccc(OCCNC(=O)CN(c2ccc(I)cc2)S(=O)(=O)c2ccccc2)cc1. The third-order valence-electron chi connectivity index (χ3n) is 4.89. The summed E-state index contributed by atoms with van der Waals surface area (Å²) >= 11 is 2.15. The van der Waals surface area contributed by atoms with Crippen LogP contribution in [0.2, 0.25) is 0 Å². The monoisotopic (exact) mass is 578 g/mol. The van der Waals surface area contributed by atoms with Gasteiger partial charge in [-0.15, -0.1) is 0 Å². The molecule has 0 aliphatic heterocycles. The Bertz CT molecular complexity index is 1140. The summed E-state index contributed by atoms with van der Waals surface area (Å²) < 4.78 is 34.3. The molecule has 0 atom stereocenters. The van der Waals surface area contributed by atoms with E-state index in [1.54, 1.807) is 42.5 Å². The van der Waals surface area contributed by atoms with Gasteiger partial charge in [-0.3, -0.25) is 9.10 Å². The molecule has 0 fully saturated rings. The molecule has 6 nitrogen and oxygen atoms in total. The molecule has 0 spiro atoms. The van der Waals surface area contributed by atoms with Gasteiger partial charge in [-0.05, 0) is 83.1 Å². The molecule has 0 aliphatic rings. The Labute approximate surface area is 209 Å².